The molecule has 8 heteroatoms. The van der Waals surface area contributed by atoms with E-state index in [2.05, 4.69) is 36.7 Å². The average Bonchev–Trinajstić information content (AvgIpc) is 2.91. The third-order valence-corrected chi connectivity index (χ3v) is 8.12. The number of likely N-dealkylation sites (tertiary alicyclic amines) is 1. The van der Waals surface area contributed by atoms with Crippen molar-refractivity contribution in [1.82, 2.24) is 20.2 Å². The number of nitrogens with one attached hydrogen (secondary N) is 3. The van der Waals surface area contributed by atoms with Crippen molar-refractivity contribution in [1.29, 1.82) is 0 Å². The molecule has 0 spiro atoms. The van der Waals surface area contributed by atoms with Gasteiger partial charge >= 0.3 is 0 Å². The van der Waals surface area contributed by atoms with Crippen LogP contribution in [0.5, 0.6) is 0 Å². The second-order valence-electron chi connectivity index (χ2n) is 11.6. The fourth-order valence-corrected chi connectivity index (χ4v) is 5.44. The van der Waals surface area contributed by atoms with E-state index in [4.69, 9.17) is 9.97 Å². The molecule has 1 aliphatic heterocycles. The molecule has 3 N–H and O–H groups in total. The highest BCUT2D eigenvalue weighted by atomic mass is 16.2. The first-order valence-electron chi connectivity index (χ1n) is 14.2. The number of piperidine rings is 1. The van der Waals surface area contributed by atoms with Crippen LogP contribution in [0.1, 0.15) is 93.9 Å². The van der Waals surface area contributed by atoms with Gasteiger partial charge in [0, 0.05) is 55.7 Å². The molecule has 1 aromatic heterocycles. The zero-order valence-corrected chi connectivity index (χ0v) is 23.7. The lowest BCUT2D eigenvalue weighted by Crippen LogP contribution is -2.38. The summed E-state index contributed by atoms with van der Waals surface area (Å²) in [6.45, 7) is 13.3. The number of hydrogen-bond donors (Lipinski definition) is 3. The minimum atomic E-state index is -0.0476. The number of hydrogen-bond acceptors (Lipinski definition) is 6. The summed E-state index contributed by atoms with van der Waals surface area (Å²) in [5.74, 6) is 2.19. The maximum absolute atomic E-state index is 12.6. The molecule has 2 amide bonds. The monoisotopic (exact) mass is 520 g/mol. The van der Waals surface area contributed by atoms with Crippen LogP contribution < -0.4 is 16.0 Å². The fourth-order valence-electron chi connectivity index (χ4n) is 5.44. The predicted molar refractivity (Wildman–Crippen MR) is 152 cm³/mol. The van der Waals surface area contributed by atoms with Gasteiger partial charge in [0.05, 0.1) is 5.69 Å². The van der Waals surface area contributed by atoms with E-state index in [0.717, 1.165) is 75.2 Å². The van der Waals surface area contributed by atoms with Gasteiger partial charge in [0.15, 0.2) is 0 Å². The standard InChI is InChI=1S/C30H44N6O2/c1-6-20(2)33-28(38)24-10-7-9-23(17-24)19-32-29-34-26-25(11-8-14-30(26,4)5)27(35-29)31-18-22-12-15-36(16-13-22)21(3)37/h7,9-10,17,20,22H,6,8,11-16,18-19H2,1-5H3,(H,33,38)(H2,31,32,34,35). The van der Waals surface area contributed by atoms with E-state index in [1.807, 2.05) is 36.1 Å². The molecule has 2 aromatic rings. The summed E-state index contributed by atoms with van der Waals surface area (Å²) >= 11 is 0. The smallest absolute Gasteiger partial charge is 0.251 e. The fraction of sp³-hybridized carbons (Fsp3) is 0.600. The lowest BCUT2D eigenvalue weighted by molar-refractivity contribution is -0.130. The minimum Gasteiger partial charge on any atom is -0.369 e. The first kappa shape index (κ1) is 27.9. The lowest BCUT2D eigenvalue weighted by atomic mass is 9.76. The molecule has 206 valence electrons. The number of carbonyl (C=O) groups is 2. The normalized spacial score (nSPS) is 17.9. The Balaban J connectivity index is 1.47. The number of aromatic nitrogens is 2. The predicted octanol–water partition coefficient (Wildman–Crippen LogP) is 4.90. The average molecular weight is 521 g/mol. The van der Waals surface area contributed by atoms with Crippen LogP contribution in [0, 0.1) is 5.92 Å². The largest absolute Gasteiger partial charge is 0.369 e. The lowest BCUT2D eigenvalue weighted by Gasteiger charge is -2.34. The van der Waals surface area contributed by atoms with Crippen molar-refractivity contribution < 1.29 is 9.59 Å². The molecule has 2 heterocycles. The second kappa shape index (κ2) is 12.1. The first-order valence-corrected chi connectivity index (χ1v) is 14.2. The topological polar surface area (TPSA) is 99.2 Å². The molecule has 2 aliphatic rings. The van der Waals surface area contributed by atoms with Crippen molar-refractivity contribution in [3.8, 4) is 0 Å². The summed E-state index contributed by atoms with van der Waals surface area (Å²) in [7, 11) is 0. The summed E-state index contributed by atoms with van der Waals surface area (Å²) in [5.41, 5.74) is 4.02. The van der Waals surface area contributed by atoms with Crippen molar-refractivity contribution >= 4 is 23.6 Å². The highest BCUT2D eigenvalue weighted by Gasteiger charge is 2.32. The van der Waals surface area contributed by atoms with E-state index < -0.39 is 0 Å². The summed E-state index contributed by atoms with van der Waals surface area (Å²) in [4.78, 5) is 36.1. The van der Waals surface area contributed by atoms with Crippen LogP contribution in [-0.4, -0.2) is 52.4 Å². The first-order chi connectivity index (χ1) is 18.2. The number of benzene rings is 1. The number of amides is 2. The summed E-state index contributed by atoms with van der Waals surface area (Å²) < 4.78 is 0. The van der Waals surface area contributed by atoms with Crippen LogP contribution >= 0.6 is 0 Å². The second-order valence-corrected chi connectivity index (χ2v) is 11.6. The van der Waals surface area contributed by atoms with Crippen LogP contribution in [0.15, 0.2) is 24.3 Å². The summed E-state index contributed by atoms with van der Waals surface area (Å²) in [6.07, 6.45) is 6.14. The Morgan fingerprint density at radius 1 is 1.16 bits per heavy atom. The van der Waals surface area contributed by atoms with E-state index in [9.17, 15) is 9.59 Å². The van der Waals surface area contributed by atoms with Crippen molar-refractivity contribution in [2.75, 3.05) is 30.3 Å². The molecule has 4 rings (SSSR count). The van der Waals surface area contributed by atoms with Gasteiger partial charge in [0.25, 0.3) is 5.91 Å². The Labute approximate surface area is 227 Å². The highest BCUT2D eigenvalue weighted by molar-refractivity contribution is 5.94. The molecule has 38 heavy (non-hydrogen) atoms. The van der Waals surface area contributed by atoms with Crippen LogP contribution in [0.2, 0.25) is 0 Å². The van der Waals surface area contributed by atoms with Crippen molar-refractivity contribution in [2.45, 2.75) is 91.1 Å². The molecule has 1 unspecified atom stereocenters. The molecule has 8 nitrogen and oxygen atoms in total. The van der Waals surface area contributed by atoms with Crippen molar-refractivity contribution in [2.24, 2.45) is 5.92 Å². The Kier molecular flexibility index (Phi) is 8.90. The number of fused-ring (bicyclic) bond motifs is 1. The van der Waals surface area contributed by atoms with Gasteiger partial charge in [-0.3, -0.25) is 9.59 Å². The van der Waals surface area contributed by atoms with Gasteiger partial charge in [0.2, 0.25) is 11.9 Å². The quantitative estimate of drug-likeness (QED) is 0.435. The van der Waals surface area contributed by atoms with E-state index in [1.165, 1.54) is 5.56 Å². The van der Waals surface area contributed by atoms with Gasteiger partial charge in [-0.15, -0.1) is 0 Å². The third-order valence-electron chi connectivity index (χ3n) is 8.12. The maximum Gasteiger partial charge on any atom is 0.251 e. The SMILES string of the molecule is CCC(C)NC(=O)c1cccc(CNc2nc(NCC3CCN(C(C)=O)CC3)c3c(n2)C(C)(C)CCC3)c1. The van der Waals surface area contributed by atoms with Crippen LogP contribution in [0.25, 0.3) is 0 Å². The van der Waals surface area contributed by atoms with Gasteiger partial charge in [-0.25, -0.2) is 4.98 Å². The van der Waals surface area contributed by atoms with Gasteiger partial charge in [-0.05, 0) is 69.1 Å². The van der Waals surface area contributed by atoms with Crippen LogP contribution in [0.4, 0.5) is 11.8 Å². The molecule has 1 aromatic carbocycles. The molecule has 0 saturated carbocycles. The Morgan fingerprint density at radius 3 is 2.63 bits per heavy atom. The molecule has 1 fully saturated rings. The number of carbonyl (C=O) groups excluding carboxylic acids is 2. The number of anilines is 2. The van der Waals surface area contributed by atoms with Gasteiger partial charge < -0.3 is 20.9 Å². The van der Waals surface area contributed by atoms with Crippen LogP contribution in [0.3, 0.4) is 0 Å². The van der Waals surface area contributed by atoms with E-state index in [0.29, 0.717) is 24.0 Å². The highest BCUT2D eigenvalue weighted by Crippen LogP contribution is 2.38. The van der Waals surface area contributed by atoms with Gasteiger partial charge in [-0.2, -0.15) is 4.98 Å². The van der Waals surface area contributed by atoms with Crippen molar-refractivity contribution in [3.05, 3.63) is 46.6 Å². The summed E-state index contributed by atoms with van der Waals surface area (Å²) in [6, 6.07) is 7.86. The Morgan fingerprint density at radius 2 is 1.92 bits per heavy atom. The molecule has 0 radical (unpaired) electrons. The Bertz CT molecular complexity index is 1140. The minimum absolute atomic E-state index is 0.00974. The van der Waals surface area contributed by atoms with E-state index >= 15 is 0 Å². The zero-order chi connectivity index (χ0) is 27.3. The number of rotatable bonds is 9. The zero-order valence-electron chi connectivity index (χ0n) is 23.7. The van der Waals surface area contributed by atoms with Gasteiger partial charge in [0.1, 0.15) is 5.82 Å². The molecule has 1 atom stereocenters. The molecule has 1 aliphatic carbocycles. The number of nitrogens with zero attached hydrogens (tertiary/aromatic N) is 3. The maximum atomic E-state index is 12.6. The van der Waals surface area contributed by atoms with E-state index in [-0.39, 0.29) is 23.3 Å². The van der Waals surface area contributed by atoms with Gasteiger partial charge in [-0.1, -0.05) is 32.9 Å². The Hall–Kier alpha value is -3.16. The van der Waals surface area contributed by atoms with Crippen LogP contribution in [-0.2, 0) is 23.2 Å². The molecule has 1 saturated heterocycles. The van der Waals surface area contributed by atoms with E-state index in [1.54, 1.807) is 6.92 Å². The summed E-state index contributed by atoms with van der Waals surface area (Å²) in [5, 5.41) is 10.1. The van der Waals surface area contributed by atoms with Crippen molar-refractivity contribution in [3.63, 3.8) is 0 Å². The third kappa shape index (κ3) is 6.83. The molecule has 0 bridgehead atoms. The molecular weight excluding hydrogens is 476 g/mol. The molecular formula is C30H44N6O2.